The van der Waals surface area contributed by atoms with Crippen LogP contribution in [0.3, 0.4) is 0 Å². The van der Waals surface area contributed by atoms with Crippen LogP contribution in [-0.4, -0.2) is 12.0 Å². The van der Waals surface area contributed by atoms with Gasteiger partial charge in [-0.25, -0.2) is 0 Å². The van der Waals surface area contributed by atoms with Crippen molar-refractivity contribution in [2.24, 2.45) is 0 Å². The Morgan fingerprint density at radius 1 is 1.18 bits per heavy atom. The van der Waals surface area contributed by atoms with Crippen molar-refractivity contribution in [1.29, 1.82) is 0 Å². The first-order valence-corrected chi connectivity index (χ1v) is 5.63. The second kappa shape index (κ2) is 4.87. The zero-order chi connectivity index (χ0) is 12.3. The maximum Gasteiger partial charge on any atom is 0.0427 e. The van der Waals surface area contributed by atoms with Gasteiger partial charge >= 0.3 is 0 Å². The molecule has 1 aromatic heterocycles. The predicted octanol–water partition coefficient (Wildman–Crippen LogP) is 2.61. The van der Waals surface area contributed by atoms with Crippen LogP contribution in [-0.2, 0) is 6.54 Å². The van der Waals surface area contributed by atoms with E-state index in [1.165, 1.54) is 5.56 Å². The van der Waals surface area contributed by atoms with Crippen molar-refractivity contribution in [1.82, 2.24) is 4.98 Å². The first-order chi connectivity index (χ1) is 8.16. The van der Waals surface area contributed by atoms with E-state index >= 15 is 0 Å². The van der Waals surface area contributed by atoms with Crippen LogP contribution in [0, 0.1) is 6.92 Å². The number of anilines is 2. The molecule has 0 aliphatic rings. The molecule has 3 nitrogen and oxygen atoms in total. The minimum atomic E-state index is 0.837. The molecule has 0 fully saturated rings. The molecule has 0 atom stereocenters. The van der Waals surface area contributed by atoms with Crippen molar-refractivity contribution in [2.45, 2.75) is 13.5 Å². The molecule has 0 unspecified atom stereocenters. The third kappa shape index (κ3) is 2.75. The summed E-state index contributed by atoms with van der Waals surface area (Å²) in [5.41, 5.74) is 10.2. The molecule has 1 aromatic carbocycles. The van der Waals surface area contributed by atoms with E-state index in [0.29, 0.717) is 0 Å². The van der Waals surface area contributed by atoms with E-state index in [-0.39, 0.29) is 0 Å². The van der Waals surface area contributed by atoms with Gasteiger partial charge in [0, 0.05) is 37.4 Å². The summed E-state index contributed by atoms with van der Waals surface area (Å²) in [7, 11) is 2.06. The van der Waals surface area contributed by atoms with Crippen LogP contribution in [0.5, 0.6) is 0 Å². The Kier molecular flexibility index (Phi) is 3.28. The third-order valence-electron chi connectivity index (χ3n) is 2.87. The molecule has 0 radical (unpaired) electrons. The number of hydrogen-bond donors (Lipinski definition) is 1. The smallest absolute Gasteiger partial charge is 0.0427 e. The maximum absolute atomic E-state index is 5.92. The van der Waals surface area contributed by atoms with Crippen LogP contribution >= 0.6 is 0 Å². The Bertz CT molecular complexity index is 494. The van der Waals surface area contributed by atoms with Crippen molar-refractivity contribution >= 4 is 11.4 Å². The minimum Gasteiger partial charge on any atom is -0.398 e. The van der Waals surface area contributed by atoms with Gasteiger partial charge in [-0.3, -0.25) is 4.98 Å². The lowest BCUT2D eigenvalue weighted by atomic mass is 10.1. The minimum absolute atomic E-state index is 0.837. The number of aryl methyl sites for hydroxylation is 1. The monoisotopic (exact) mass is 227 g/mol. The summed E-state index contributed by atoms with van der Waals surface area (Å²) in [5, 5.41) is 0. The number of nitrogen functional groups attached to an aromatic ring is 1. The summed E-state index contributed by atoms with van der Waals surface area (Å²) < 4.78 is 0. The number of rotatable bonds is 3. The first kappa shape index (κ1) is 11.5. The molecule has 0 bridgehead atoms. The van der Waals surface area contributed by atoms with E-state index in [9.17, 15) is 0 Å². The molecule has 3 heteroatoms. The van der Waals surface area contributed by atoms with Gasteiger partial charge in [-0.1, -0.05) is 6.07 Å². The third-order valence-corrected chi connectivity index (χ3v) is 2.87. The van der Waals surface area contributed by atoms with E-state index in [1.54, 1.807) is 0 Å². The van der Waals surface area contributed by atoms with Gasteiger partial charge in [-0.2, -0.15) is 0 Å². The largest absolute Gasteiger partial charge is 0.398 e. The number of nitrogens with two attached hydrogens (primary N) is 1. The number of nitrogens with zero attached hydrogens (tertiary/aromatic N) is 2. The molecule has 1 heterocycles. The number of benzene rings is 1. The van der Waals surface area contributed by atoms with Crippen LogP contribution in [0.4, 0.5) is 11.4 Å². The lowest BCUT2D eigenvalue weighted by Gasteiger charge is -2.20. The van der Waals surface area contributed by atoms with Crippen LogP contribution in [0.15, 0.2) is 42.7 Å². The van der Waals surface area contributed by atoms with Gasteiger partial charge in [-0.05, 0) is 42.3 Å². The van der Waals surface area contributed by atoms with E-state index in [1.807, 2.05) is 43.6 Å². The molecule has 0 spiro atoms. The van der Waals surface area contributed by atoms with Gasteiger partial charge in [0.1, 0.15) is 0 Å². The standard InChI is InChI=1S/C14H17N3/c1-11-3-4-13(9-14(11)15)17(2)10-12-5-7-16-8-6-12/h3-9H,10,15H2,1-2H3. The van der Waals surface area contributed by atoms with E-state index in [0.717, 1.165) is 23.5 Å². The fourth-order valence-corrected chi connectivity index (χ4v) is 1.72. The summed E-state index contributed by atoms with van der Waals surface area (Å²) in [6, 6.07) is 10.2. The van der Waals surface area contributed by atoms with E-state index in [2.05, 4.69) is 23.0 Å². The normalized spacial score (nSPS) is 10.2. The predicted molar refractivity (Wildman–Crippen MR) is 71.9 cm³/mol. The average Bonchev–Trinajstić information content (AvgIpc) is 2.34. The van der Waals surface area contributed by atoms with Crippen molar-refractivity contribution in [2.75, 3.05) is 17.7 Å². The van der Waals surface area contributed by atoms with Gasteiger partial charge in [0.15, 0.2) is 0 Å². The molecule has 2 rings (SSSR count). The zero-order valence-corrected chi connectivity index (χ0v) is 10.2. The van der Waals surface area contributed by atoms with Crippen LogP contribution in [0.25, 0.3) is 0 Å². The molecule has 2 N–H and O–H groups in total. The zero-order valence-electron chi connectivity index (χ0n) is 10.2. The van der Waals surface area contributed by atoms with Gasteiger partial charge in [-0.15, -0.1) is 0 Å². The summed E-state index contributed by atoms with van der Waals surface area (Å²) in [4.78, 5) is 6.18. The molecule has 0 saturated carbocycles. The van der Waals surface area contributed by atoms with Crippen molar-refractivity contribution < 1.29 is 0 Å². The lowest BCUT2D eigenvalue weighted by Crippen LogP contribution is -2.16. The number of pyridine rings is 1. The Morgan fingerprint density at radius 2 is 1.88 bits per heavy atom. The summed E-state index contributed by atoms with van der Waals surface area (Å²) >= 11 is 0. The highest BCUT2D eigenvalue weighted by atomic mass is 15.1. The summed E-state index contributed by atoms with van der Waals surface area (Å²) in [5.74, 6) is 0. The summed E-state index contributed by atoms with van der Waals surface area (Å²) in [6.07, 6.45) is 3.62. The topological polar surface area (TPSA) is 42.2 Å². The average molecular weight is 227 g/mol. The van der Waals surface area contributed by atoms with Gasteiger partial charge in [0.05, 0.1) is 0 Å². The van der Waals surface area contributed by atoms with E-state index < -0.39 is 0 Å². The molecule has 2 aromatic rings. The Balaban J connectivity index is 2.14. The second-order valence-electron chi connectivity index (χ2n) is 4.25. The number of hydrogen-bond acceptors (Lipinski definition) is 3. The van der Waals surface area contributed by atoms with Gasteiger partial charge in [0.2, 0.25) is 0 Å². The Morgan fingerprint density at radius 3 is 2.53 bits per heavy atom. The van der Waals surface area contributed by atoms with Crippen LogP contribution in [0.2, 0.25) is 0 Å². The van der Waals surface area contributed by atoms with Crippen molar-refractivity contribution in [3.63, 3.8) is 0 Å². The maximum atomic E-state index is 5.92. The highest BCUT2D eigenvalue weighted by Gasteiger charge is 2.03. The van der Waals surface area contributed by atoms with Crippen molar-refractivity contribution in [3.8, 4) is 0 Å². The fourth-order valence-electron chi connectivity index (χ4n) is 1.72. The van der Waals surface area contributed by atoms with Crippen molar-refractivity contribution in [3.05, 3.63) is 53.9 Å². The second-order valence-corrected chi connectivity index (χ2v) is 4.25. The SMILES string of the molecule is Cc1ccc(N(C)Cc2ccncc2)cc1N. The molecule has 0 aliphatic heterocycles. The van der Waals surface area contributed by atoms with Crippen LogP contribution < -0.4 is 10.6 Å². The molecular formula is C14H17N3. The first-order valence-electron chi connectivity index (χ1n) is 5.63. The Hall–Kier alpha value is -2.03. The molecular weight excluding hydrogens is 210 g/mol. The fraction of sp³-hybridized carbons (Fsp3) is 0.214. The summed E-state index contributed by atoms with van der Waals surface area (Å²) in [6.45, 7) is 2.87. The molecule has 88 valence electrons. The van der Waals surface area contributed by atoms with Gasteiger partial charge < -0.3 is 10.6 Å². The Labute approximate surface area is 102 Å². The highest BCUT2D eigenvalue weighted by molar-refractivity contribution is 5.59. The molecule has 17 heavy (non-hydrogen) atoms. The van der Waals surface area contributed by atoms with Crippen LogP contribution in [0.1, 0.15) is 11.1 Å². The number of aromatic nitrogens is 1. The molecule has 0 amide bonds. The molecule has 0 saturated heterocycles. The molecule has 0 aliphatic carbocycles. The van der Waals surface area contributed by atoms with E-state index in [4.69, 9.17) is 5.73 Å². The quantitative estimate of drug-likeness (QED) is 0.819. The lowest BCUT2D eigenvalue weighted by molar-refractivity contribution is 0.919. The van der Waals surface area contributed by atoms with Gasteiger partial charge in [0.25, 0.3) is 0 Å². The highest BCUT2D eigenvalue weighted by Crippen LogP contribution is 2.21.